The molecule has 1 amide bonds. The van der Waals surface area contributed by atoms with Crippen LogP contribution in [0.4, 0.5) is 0 Å². The van der Waals surface area contributed by atoms with Crippen LogP contribution in [-0.2, 0) is 22.6 Å². The zero-order valence-electron chi connectivity index (χ0n) is 13.7. The first-order valence-corrected chi connectivity index (χ1v) is 8.36. The van der Waals surface area contributed by atoms with E-state index in [1.807, 2.05) is 48.5 Å². The molecule has 2 aromatic rings. The highest BCUT2D eigenvalue weighted by Crippen LogP contribution is 2.19. The Morgan fingerprint density at radius 1 is 1.12 bits per heavy atom. The summed E-state index contributed by atoms with van der Waals surface area (Å²) in [5, 5.41) is 11.9. The maximum Gasteiger partial charge on any atom is 0.303 e. The monoisotopic (exact) mass is 361 g/mol. The number of halogens is 1. The summed E-state index contributed by atoms with van der Waals surface area (Å²) in [5.41, 5.74) is 1.72. The van der Waals surface area contributed by atoms with Crippen LogP contribution in [-0.4, -0.2) is 23.5 Å². The Morgan fingerprint density at radius 2 is 1.92 bits per heavy atom. The van der Waals surface area contributed by atoms with Gasteiger partial charge in [-0.1, -0.05) is 41.9 Å². The molecule has 0 spiro atoms. The van der Waals surface area contributed by atoms with Crippen LogP contribution < -0.4 is 10.1 Å². The van der Waals surface area contributed by atoms with Gasteiger partial charge in [0.2, 0.25) is 5.91 Å². The number of nitrogens with one attached hydrogen (secondary N) is 1. The summed E-state index contributed by atoms with van der Waals surface area (Å²) >= 11 is 6.10. The molecule has 0 aliphatic heterocycles. The van der Waals surface area contributed by atoms with Crippen LogP contribution in [0, 0.1) is 0 Å². The summed E-state index contributed by atoms with van der Waals surface area (Å²) in [7, 11) is 0. The number of rotatable bonds is 9. The van der Waals surface area contributed by atoms with Crippen LogP contribution in [0.1, 0.15) is 24.0 Å². The van der Waals surface area contributed by atoms with E-state index in [4.69, 9.17) is 21.4 Å². The molecule has 0 heterocycles. The molecule has 25 heavy (non-hydrogen) atoms. The van der Waals surface area contributed by atoms with Gasteiger partial charge in [-0.15, -0.1) is 0 Å². The number of amides is 1. The van der Waals surface area contributed by atoms with Gasteiger partial charge in [-0.25, -0.2) is 0 Å². The fraction of sp³-hybridized carbons (Fsp3) is 0.263. The van der Waals surface area contributed by atoms with Gasteiger partial charge in [-0.3, -0.25) is 9.59 Å². The minimum atomic E-state index is -0.863. The molecule has 0 unspecified atom stereocenters. The lowest BCUT2D eigenvalue weighted by Gasteiger charge is -2.09. The molecule has 0 fully saturated rings. The van der Waals surface area contributed by atoms with Gasteiger partial charge >= 0.3 is 5.97 Å². The lowest BCUT2D eigenvalue weighted by Crippen LogP contribution is -2.26. The van der Waals surface area contributed by atoms with E-state index < -0.39 is 5.97 Å². The number of carboxylic acid groups (broad SMARTS) is 1. The van der Waals surface area contributed by atoms with E-state index in [0.717, 1.165) is 11.1 Å². The van der Waals surface area contributed by atoms with E-state index >= 15 is 0 Å². The van der Waals surface area contributed by atoms with E-state index in [9.17, 15) is 9.59 Å². The Balaban J connectivity index is 1.83. The van der Waals surface area contributed by atoms with Gasteiger partial charge in [-0.05, 0) is 30.2 Å². The van der Waals surface area contributed by atoms with Crippen molar-refractivity contribution in [2.45, 2.75) is 25.9 Å². The maximum absolute atomic E-state index is 11.9. The minimum absolute atomic E-state index is 0.0473. The normalized spacial score (nSPS) is 10.3. The molecule has 2 N–H and O–H groups in total. The SMILES string of the molecule is O=C(O)CCCNC(=O)Cc1cccc(OCc2ccccc2Cl)c1. The fourth-order valence-corrected chi connectivity index (χ4v) is 2.43. The van der Waals surface area contributed by atoms with E-state index in [0.29, 0.717) is 30.3 Å². The summed E-state index contributed by atoms with van der Waals surface area (Å²) in [6.07, 6.45) is 0.685. The van der Waals surface area contributed by atoms with Crippen molar-refractivity contribution < 1.29 is 19.4 Å². The molecule has 0 bridgehead atoms. The smallest absolute Gasteiger partial charge is 0.303 e. The Morgan fingerprint density at radius 3 is 2.68 bits per heavy atom. The molecule has 2 aromatic carbocycles. The second-order valence-corrected chi connectivity index (χ2v) is 5.96. The fourth-order valence-electron chi connectivity index (χ4n) is 2.24. The van der Waals surface area contributed by atoms with Crippen LogP contribution in [0.3, 0.4) is 0 Å². The van der Waals surface area contributed by atoms with Crippen molar-refractivity contribution in [3.63, 3.8) is 0 Å². The molecule has 0 saturated heterocycles. The van der Waals surface area contributed by atoms with Crippen molar-refractivity contribution >= 4 is 23.5 Å². The zero-order chi connectivity index (χ0) is 18.1. The van der Waals surface area contributed by atoms with Gasteiger partial charge in [-0.2, -0.15) is 0 Å². The number of ether oxygens (including phenoxy) is 1. The van der Waals surface area contributed by atoms with Gasteiger partial charge in [0.05, 0.1) is 6.42 Å². The molecule has 0 atom stereocenters. The first kappa shape index (κ1) is 18.8. The number of carbonyl (C=O) groups excluding carboxylic acids is 1. The molecule has 5 nitrogen and oxygen atoms in total. The first-order chi connectivity index (χ1) is 12.0. The lowest BCUT2D eigenvalue weighted by molar-refractivity contribution is -0.137. The maximum atomic E-state index is 11.9. The van der Waals surface area contributed by atoms with E-state index in [1.54, 1.807) is 0 Å². The highest BCUT2D eigenvalue weighted by Gasteiger charge is 2.06. The van der Waals surface area contributed by atoms with Crippen LogP contribution in [0.15, 0.2) is 48.5 Å². The molecule has 0 aliphatic rings. The highest BCUT2D eigenvalue weighted by atomic mass is 35.5. The number of carbonyl (C=O) groups is 2. The van der Waals surface area contributed by atoms with Crippen molar-refractivity contribution in [2.24, 2.45) is 0 Å². The second-order valence-electron chi connectivity index (χ2n) is 5.55. The predicted molar refractivity (Wildman–Crippen MR) is 95.8 cm³/mol. The van der Waals surface area contributed by atoms with Crippen LogP contribution in [0.2, 0.25) is 5.02 Å². The van der Waals surface area contributed by atoms with Crippen molar-refractivity contribution in [1.29, 1.82) is 0 Å². The molecule has 2 rings (SSSR count). The standard InChI is InChI=1S/C19H20ClNO4/c20-17-8-2-1-6-15(17)13-25-16-7-3-5-14(11-16)12-18(22)21-10-4-9-19(23)24/h1-3,5-8,11H,4,9-10,12-13H2,(H,21,22)(H,23,24). The summed E-state index contributed by atoms with van der Waals surface area (Å²) < 4.78 is 5.74. The quantitative estimate of drug-likeness (QED) is 0.671. The Hall–Kier alpha value is -2.53. The van der Waals surface area contributed by atoms with Gasteiger partial charge in [0, 0.05) is 23.6 Å². The van der Waals surface area contributed by atoms with E-state index in [1.165, 1.54) is 0 Å². The summed E-state index contributed by atoms with van der Waals surface area (Å²) in [4.78, 5) is 22.3. The van der Waals surface area contributed by atoms with Crippen molar-refractivity contribution in [3.05, 3.63) is 64.7 Å². The van der Waals surface area contributed by atoms with Crippen molar-refractivity contribution in [3.8, 4) is 5.75 Å². The Labute approximate surface area is 151 Å². The van der Waals surface area contributed by atoms with Crippen molar-refractivity contribution in [1.82, 2.24) is 5.32 Å². The summed E-state index contributed by atoms with van der Waals surface area (Å²) in [6.45, 7) is 0.707. The van der Waals surface area contributed by atoms with Crippen LogP contribution in [0.5, 0.6) is 5.75 Å². The third-order valence-electron chi connectivity index (χ3n) is 3.50. The molecule has 132 valence electrons. The molecule has 0 saturated carbocycles. The average molecular weight is 362 g/mol. The van der Waals surface area contributed by atoms with Crippen LogP contribution >= 0.6 is 11.6 Å². The van der Waals surface area contributed by atoms with E-state index in [2.05, 4.69) is 5.32 Å². The van der Waals surface area contributed by atoms with Gasteiger partial charge < -0.3 is 15.2 Å². The molecule has 6 heteroatoms. The number of benzene rings is 2. The average Bonchev–Trinajstić information content (AvgIpc) is 2.58. The zero-order valence-corrected chi connectivity index (χ0v) is 14.5. The topological polar surface area (TPSA) is 75.6 Å². The first-order valence-electron chi connectivity index (χ1n) is 7.98. The lowest BCUT2D eigenvalue weighted by atomic mass is 10.1. The number of hydrogen-bond acceptors (Lipinski definition) is 3. The third-order valence-corrected chi connectivity index (χ3v) is 3.87. The second kappa shape index (κ2) is 9.69. The Kier molecular flexibility index (Phi) is 7.29. The van der Waals surface area contributed by atoms with Gasteiger partial charge in [0.25, 0.3) is 0 Å². The van der Waals surface area contributed by atoms with Crippen LogP contribution in [0.25, 0.3) is 0 Å². The summed E-state index contributed by atoms with van der Waals surface area (Å²) in [6, 6.07) is 14.8. The highest BCUT2D eigenvalue weighted by molar-refractivity contribution is 6.31. The van der Waals surface area contributed by atoms with Gasteiger partial charge in [0.15, 0.2) is 0 Å². The molecule has 0 radical (unpaired) electrons. The minimum Gasteiger partial charge on any atom is -0.489 e. The largest absolute Gasteiger partial charge is 0.489 e. The molecule has 0 aromatic heterocycles. The summed E-state index contributed by atoms with van der Waals surface area (Å²) in [5.74, 6) is -0.345. The molecular formula is C19H20ClNO4. The number of hydrogen-bond donors (Lipinski definition) is 2. The number of aliphatic carboxylic acids is 1. The molecule has 0 aliphatic carbocycles. The number of carboxylic acids is 1. The van der Waals surface area contributed by atoms with E-state index in [-0.39, 0.29) is 18.7 Å². The predicted octanol–water partition coefficient (Wildman–Crippen LogP) is 3.44. The Bertz CT molecular complexity index is 733. The third kappa shape index (κ3) is 6.85. The van der Waals surface area contributed by atoms with Gasteiger partial charge in [0.1, 0.15) is 12.4 Å². The molecular weight excluding hydrogens is 342 g/mol. The van der Waals surface area contributed by atoms with Crippen molar-refractivity contribution in [2.75, 3.05) is 6.54 Å².